The highest BCUT2D eigenvalue weighted by molar-refractivity contribution is 5.85. The molecule has 0 amide bonds. The number of nitrogens with one attached hydrogen (secondary N) is 1. The zero-order valence-electron chi connectivity index (χ0n) is 10.7. The molecule has 6 nitrogen and oxygen atoms in total. The van der Waals surface area contributed by atoms with Crippen LogP contribution < -0.4 is 5.73 Å². The second kappa shape index (κ2) is 6.10. The Kier molecular flexibility index (Phi) is 4.25. The Labute approximate surface area is 111 Å². The largest absolute Gasteiger partial charge is 0.460 e. The van der Waals surface area contributed by atoms with Crippen molar-refractivity contribution in [3.8, 4) is 11.4 Å². The van der Waals surface area contributed by atoms with E-state index in [9.17, 15) is 4.79 Å². The van der Waals surface area contributed by atoms with Gasteiger partial charge in [-0.15, -0.1) is 0 Å². The third kappa shape index (κ3) is 2.97. The quantitative estimate of drug-likeness (QED) is 0.786. The molecule has 0 spiro atoms. The predicted octanol–water partition coefficient (Wildman–Crippen LogP) is 1.15. The van der Waals surface area contributed by atoms with E-state index in [2.05, 4.69) is 15.2 Å². The Morgan fingerprint density at radius 1 is 1.42 bits per heavy atom. The van der Waals surface area contributed by atoms with Crippen LogP contribution in [-0.4, -0.2) is 34.3 Å². The topological polar surface area (TPSA) is 93.9 Å². The lowest BCUT2D eigenvalue weighted by molar-refractivity contribution is 0.0512. The molecule has 0 unspecified atom stereocenters. The highest BCUT2D eigenvalue weighted by atomic mass is 16.5. The Hall–Kier alpha value is -2.21. The van der Waals surface area contributed by atoms with Crippen LogP contribution in [0.3, 0.4) is 0 Å². The zero-order chi connectivity index (χ0) is 13.7. The number of benzene rings is 1. The van der Waals surface area contributed by atoms with Crippen LogP contribution in [0.15, 0.2) is 24.3 Å². The molecule has 100 valence electrons. The first-order valence-electron chi connectivity index (χ1n) is 6.14. The van der Waals surface area contributed by atoms with Crippen LogP contribution >= 0.6 is 0 Å². The molecule has 6 heteroatoms. The van der Waals surface area contributed by atoms with Crippen molar-refractivity contribution in [2.75, 3.05) is 13.2 Å². The first-order valence-corrected chi connectivity index (χ1v) is 6.14. The standard InChI is InChI=1S/C13H16N4O2/c1-2-19-13(18)12-15-11(16-17-12)10-6-4-3-5-9(10)7-8-14/h3-6H,2,7-8,14H2,1H3,(H,15,16,17). The molecule has 1 aromatic carbocycles. The van der Waals surface area contributed by atoms with E-state index < -0.39 is 5.97 Å². The van der Waals surface area contributed by atoms with E-state index in [-0.39, 0.29) is 5.82 Å². The number of rotatable bonds is 5. The van der Waals surface area contributed by atoms with Crippen molar-refractivity contribution in [3.05, 3.63) is 35.7 Å². The molecule has 1 heterocycles. The third-order valence-electron chi connectivity index (χ3n) is 2.63. The fourth-order valence-electron chi connectivity index (χ4n) is 1.78. The van der Waals surface area contributed by atoms with Crippen LogP contribution in [0.25, 0.3) is 11.4 Å². The lowest BCUT2D eigenvalue weighted by atomic mass is 10.0. The highest BCUT2D eigenvalue weighted by Gasteiger charge is 2.15. The van der Waals surface area contributed by atoms with Crippen LogP contribution in [0.1, 0.15) is 23.1 Å². The predicted molar refractivity (Wildman–Crippen MR) is 70.5 cm³/mol. The number of carbonyl (C=O) groups is 1. The van der Waals surface area contributed by atoms with Crippen molar-refractivity contribution in [3.63, 3.8) is 0 Å². The molecule has 2 rings (SSSR count). The summed E-state index contributed by atoms with van der Waals surface area (Å²) in [4.78, 5) is 15.7. The van der Waals surface area contributed by atoms with Crippen LogP contribution in [0, 0.1) is 0 Å². The number of aromatic amines is 1. The van der Waals surface area contributed by atoms with Gasteiger partial charge in [0.25, 0.3) is 0 Å². The van der Waals surface area contributed by atoms with E-state index >= 15 is 0 Å². The second-order valence-electron chi connectivity index (χ2n) is 3.92. The molecule has 1 aromatic heterocycles. The summed E-state index contributed by atoms with van der Waals surface area (Å²) in [6.45, 7) is 2.59. The van der Waals surface area contributed by atoms with Crippen molar-refractivity contribution in [2.24, 2.45) is 5.73 Å². The molecule has 0 saturated heterocycles. The van der Waals surface area contributed by atoms with Gasteiger partial charge in [0.2, 0.25) is 5.82 Å². The minimum atomic E-state index is -0.502. The van der Waals surface area contributed by atoms with Crippen LogP contribution in [-0.2, 0) is 11.2 Å². The van der Waals surface area contributed by atoms with Crippen LogP contribution in [0.5, 0.6) is 0 Å². The molecule has 19 heavy (non-hydrogen) atoms. The van der Waals surface area contributed by atoms with E-state index in [1.807, 2.05) is 24.3 Å². The maximum atomic E-state index is 11.5. The first-order chi connectivity index (χ1) is 9.26. The molecule has 0 aliphatic carbocycles. The Bertz CT molecular complexity index is 565. The summed E-state index contributed by atoms with van der Waals surface area (Å²) in [5, 5.41) is 6.65. The van der Waals surface area contributed by atoms with Gasteiger partial charge in [0, 0.05) is 5.56 Å². The number of ether oxygens (including phenoxy) is 1. The Morgan fingerprint density at radius 2 is 2.21 bits per heavy atom. The second-order valence-corrected chi connectivity index (χ2v) is 3.92. The molecule has 0 fully saturated rings. The lowest BCUT2D eigenvalue weighted by Crippen LogP contribution is -2.06. The zero-order valence-corrected chi connectivity index (χ0v) is 10.7. The monoisotopic (exact) mass is 260 g/mol. The highest BCUT2D eigenvalue weighted by Crippen LogP contribution is 2.20. The molecular weight excluding hydrogens is 244 g/mol. The molecule has 0 aliphatic rings. The minimum Gasteiger partial charge on any atom is -0.460 e. The van der Waals surface area contributed by atoms with E-state index in [1.165, 1.54) is 0 Å². The van der Waals surface area contributed by atoms with Gasteiger partial charge in [-0.2, -0.15) is 5.10 Å². The summed E-state index contributed by atoms with van der Waals surface area (Å²) in [6.07, 6.45) is 0.736. The van der Waals surface area contributed by atoms with Crippen molar-refractivity contribution in [1.29, 1.82) is 0 Å². The third-order valence-corrected chi connectivity index (χ3v) is 2.63. The first kappa shape index (κ1) is 13.2. The molecule has 0 aliphatic heterocycles. The van der Waals surface area contributed by atoms with Crippen molar-refractivity contribution < 1.29 is 9.53 Å². The molecule has 2 aromatic rings. The van der Waals surface area contributed by atoms with Gasteiger partial charge in [-0.05, 0) is 25.5 Å². The van der Waals surface area contributed by atoms with Gasteiger partial charge in [-0.1, -0.05) is 24.3 Å². The SMILES string of the molecule is CCOC(=O)c1nc(-c2ccccc2CCN)n[nH]1. The summed E-state index contributed by atoms with van der Waals surface area (Å²) in [7, 11) is 0. The fourth-order valence-corrected chi connectivity index (χ4v) is 1.78. The van der Waals surface area contributed by atoms with Gasteiger partial charge in [0.15, 0.2) is 5.82 Å². The summed E-state index contributed by atoms with van der Waals surface area (Å²) in [6, 6.07) is 7.72. The average molecular weight is 260 g/mol. The average Bonchev–Trinajstić information content (AvgIpc) is 2.90. The van der Waals surface area contributed by atoms with Gasteiger partial charge in [0.05, 0.1) is 6.61 Å². The van der Waals surface area contributed by atoms with Gasteiger partial charge in [0.1, 0.15) is 0 Å². The summed E-state index contributed by atoms with van der Waals surface area (Å²) < 4.78 is 4.86. The van der Waals surface area contributed by atoms with Crippen molar-refractivity contribution >= 4 is 5.97 Å². The molecule has 0 atom stereocenters. The number of H-pyrrole nitrogens is 1. The Morgan fingerprint density at radius 3 is 2.95 bits per heavy atom. The molecule has 0 radical (unpaired) electrons. The molecular formula is C13H16N4O2. The summed E-state index contributed by atoms with van der Waals surface area (Å²) in [5.41, 5.74) is 7.51. The maximum absolute atomic E-state index is 11.5. The number of hydrogen-bond acceptors (Lipinski definition) is 5. The fraction of sp³-hybridized carbons (Fsp3) is 0.308. The van der Waals surface area contributed by atoms with Crippen molar-refractivity contribution in [1.82, 2.24) is 15.2 Å². The van der Waals surface area contributed by atoms with Gasteiger partial charge < -0.3 is 10.5 Å². The lowest BCUT2D eigenvalue weighted by Gasteiger charge is -2.04. The minimum absolute atomic E-state index is 0.111. The number of carbonyl (C=O) groups excluding carboxylic acids is 1. The molecule has 0 bridgehead atoms. The van der Waals surface area contributed by atoms with E-state index in [4.69, 9.17) is 10.5 Å². The maximum Gasteiger partial charge on any atom is 0.375 e. The van der Waals surface area contributed by atoms with E-state index in [0.717, 1.165) is 17.5 Å². The number of nitrogens with zero attached hydrogens (tertiary/aromatic N) is 2. The smallest absolute Gasteiger partial charge is 0.375 e. The summed E-state index contributed by atoms with van der Waals surface area (Å²) in [5.74, 6) is 0.0871. The van der Waals surface area contributed by atoms with Crippen LogP contribution in [0.2, 0.25) is 0 Å². The van der Waals surface area contributed by atoms with Gasteiger partial charge >= 0.3 is 5.97 Å². The van der Waals surface area contributed by atoms with Crippen molar-refractivity contribution in [2.45, 2.75) is 13.3 Å². The number of hydrogen-bond donors (Lipinski definition) is 2. The Balaban J connectivity index is 2.30. The van der Waals surface area contributed by atoms with Gasteiger partial charge in [-0.25, -0.2) is 9.78 Å². The van der Waals surface area contributed by atoms with E-state index in [1.54, 1.807) is 6.92 Å². The number of aromatic nitrogens is 3. The molecule has 0 saturated carbocycles. The number of nitrogens with two attached hydrogens (primary N) is 1. The normalized spacial score (nSPS) is 10.4. The summed E-state index contributed by atoms with van der Waals surface area (Å²) >= 11 is 0. The van der Waals surface area contributed by atoms with E-state index in [0.29, 0.717) is 19.0 Å². The van der Waals surface area contributed by atoms with Gasteiger partial charge in [-0.3, -0.25) is 5.10 Å². The number of esters is 1. The van der Waals surface area contributed by atoms with Crippen LogP contribution in [0.4, 0.5) is 0 Å². The molecule has 3 N–H and O–H groups in total.